The van der Waals surface area contributed by atoms with E-state index < -0.39 is 11.9 Å². The topological polar surface area (TPSA) is 105 Å². The van der Waals surface area contributed by atoms with Crippen LogP contribution in [0.4, 0.5) is 9.39 Å². The molecule has 0 aliphatic heterocycles. The van der Waals surface area contributed by atoms with Crippen LogP contribution in [0, 0.1) is 24.1 Å². The Balaban J connectivity index is 2.64. The molecule has 1 amide bonds. The third-order valence-corrected chi connectivity index (χ3v) is 4.75. The van der Waals surface area contributed by atoms with E-state index in [-0.39, 0.29) is 29.3 Å². The van der Waals surface area contributed by atoms with Gasteiger partial charge in [0.2, 0.25) is 0 Å². The SMILES string of the molecule is CCOC(=O)c1c(N/C(C)=C(/C#N)C(N)=O)sc(C)c1-c1ccc(F)cc1. The van der Waals surface area contributed by atoms with Crippen LogP contribution in [0.25, 0.3) is 11.1 Å². The number of allylic oxidation sites excluding steroid dienone is 1. The van der Waals surface area contributed by atoms with Gasteiger partial charge in [0.1, 0.15) is 28.0 Å². The molecule has 8 heteroatoms. The zero-order chi connectivity index (χ0) is 20.1. The van der Waals surface area contributed by atoms with Crippen LogP contribution >= 0.6 is 11.3 Å². The van der Waals surface area contributed by atoms with Gasteiger partial charge in [0, 0.05) is 16.1 Å². The van der Waals surface area contributed by atoms with Crippen LogP contribution in [0.3, 0.4) is 0 Å². The second-order valence-electron chi connectivity index (χ2n) is 5.57. The van der Waals surface area contributed by atoms with Crippen LogP contribution < -0.4 is 11.1 Å². The van der Waals surface area contributed by atoms with E-state index >= 15 is 0 Å². The van der Waals surface area contributed by atoms with Crippen molar-refractivity contribution in [2.45, 2.75) is 20.8 Å². The fourth-order valence-corrected chi connectivity index (χ4v) is 3.67. The standard InChI is InChI=1S/C19H18FN3O3S/c1-4-26-19(25)16-15(12-5-7-13(20)8-6-12)11(3)27-18(16)23-10(2)14(9-21)17(22)24/h5-8,23H,4H2,1-3H3,(H2,22,24)/b14-10-. The third-order valence-electron chi connectivity index (χ3n) is 3.73. The van der Waals surface area contributed by atoms with E-state index in [4.69, 9.17) is 15.7 Å². The number of hydrogen-bond donors (Lipinski definition) is 2. The summed E-state index contributed by atoms with van der Waals surface area (Å²) in [7, 11) is 0. The molecule has 0 saturated heterocycles. The number of carbonyl (C=O) groups excluding carboxylic acids is 2. The van der Waals surface area contributed by atoms with Gasteiger partial charge in [0.25, 0.3) is 5.91 Å². The molecule has 0 aliphatic carbocycles. The first-order chi connectivity index (χ1) is 12.8. The van der Waals surface area contributed by atoms with Crippen LogP contribution in [0.2, 0.25) is 0 Å². The summed E-state index contributed by atoms with van der Waals surface area (Å²) >= 11 is 1.26. The van der Waals surface area contributed by atoms with Crippen molar-refractivity contribution in [2.24, 2.45) is 5.73 Å². The number of amides is 1. The Morgan fingerprint density at radius 3 is 2.48 bits per heavy atom. The van der Waals surface area contributed by atoms with Crippen molar-refractivity contribution in [1.29, 1.82) is 5.26 Å². The number of hydrogen-bond acceptors (Lipinski definition) is 6. The Hall–Kier alpha value is -3.18. The first kappa shape index (κ1) is 20.1. The molecule has 0 saturated carbocycles. The van der Waals surface area contributed by atoms with Crippen molar-refractivity contribution in [2.75, 3.05) is 11.9 Å². The number of halogens is 1. The molecule has 3 N–H and O–H groups in total. The Bertz CT molecular complexity index is 956. The fourth-order valence-electron chi connectivity index (χ4n) is 2.55. The number of esters is 1. The molecule has 0 bridgehead atoms. The molecule has 27 heavy (non-hydrogen) atoms. The number of nitriles is 1. The summed E-state index contributed by atoms with van der Waals surface area (Å²) in [6.45, 7) is 5.20. The predicted molar refractivity (Wildman–Crippen MR) is 102 cm³/mol. The van der Waals surface area contributed by atoms with Crippen LogP contribution in [-0.2, 0) is 9.53 Å². The highest BCUT2D eigenvalue weighted by molar-refractivity contribution is 7.17. The minimum Gasteiger partial charge on any atom is -0.462 e. The van der Waals surface area contributed by atoms with Crippen LogP contribution in [0.15, 0.2) is 35.5 Å². The molecule has 0 aliphatic rings. The van der Waals surface area contributed by atoms with Gasteiger partial charge >= 0.3 is 5.97 Å². The minimum absolute atomic E-state index is 0.176. The van der Waals surface area contributed by atoms with Gasteiger partial charge in [0.15, 0.2) is 0 Å². The normalized spacial score (nSPS) is 11.4. The number of nitrogens with one attached hydrogen (secondary N) is 1. The number of rotatable bonds is 6. The summed E-state index contributed by atoms with van der Waals surface area (Å²) in [5, 5.41) is 12.4. The maximum absolute atomic E-state index is 13.3. The summed E-state index contributed by atoms with van der Waals surface area (Å²) in [5.74, 6) is -1.82. The maximum Gasteiger partial charge on any atom is 0.341 e. The van der Waals surface area contributed by atoms with E-state index in [1.54, 1.807) is 25.1 Å². The number of primary amides is 1. The van der Waals surface area contributed by atoms with Crippen molar-refractivity contribution in [3.05, 3.63) is 51.8 Å². The second kappa shape index (κ2) is 8.47. The molecule has 6 nitrogen and oxygen atoms in total. The number of nitrogens with zero attached hydrogens (tertiary/aromatic N) is 1. The summed E-state index contributed by atoms with van der Waals surface area (Å²) in [6.07, 6.45) is 0. The predicted octanol–water partition coefficient (Wildman–Crippen LogP) is 3.73. The van der Waals surface area contributed by atoms with Crippen molar-refractivity contribution in [3.8, 4) is 17.2 Å². The summed E-state index contributed by atoms with van der Waals surface area (Å²) in [4.78, 5) is 24.8. The van der Waals surface area contributed by atoms with Gasteiger partial charge in [-0.3, -0.25) is 4.79 Å². The first-order valence-electron chi connectivity index (χ1n) is 8.04. The smallest absolute Gasteiger partial charge is 0.341 e. The zero-order valence-electron chi connectivity index (χ0n) is 15.1. The summed E-state index contributed by atoms with van der Waals surface area (Å²) in [5.41, 5.74) is 6.70. The lowest BCUT2D eigenvalue weighted by molar-refractivity contribution is -0.114. The van der Waals surface area contributed by atoms with Gasteiger partial charge in [-0.15, -0.1) is 11.3 Å². The molecular formula is C19H18FN3O3S. The molecule has 0 unspecified atom stereocenters. The molecule has 0 fully saturated rings. The molecule has 1 heterocycles. The van der Waals surface area contributed by atoms with E-state index in [0.29, 0.717) is 16.1 Å². The highest BCUT2D eigenvalue weighted by atomic mass is 32.1. The Morgan fingerprint density at radius 1 is 1.33 bits per heavy atom. The first-order valence-corrected chi connectivity index (χ1v) is 8.86. The van der Waals surface area contributed by atoms with Crippen molar-refractivity contribution >= 4 is 28.2 Å². The molecule has 0 atom stereocenters. The lowest BCUT2D eigenvalue weighted by Gasteiger charge is -2.10. The minimum atomic E-state index is -0.868. The van der Waals surface area contributed by atoms with Gasteiger partial charge in [-0.05, 0) is 38.5 Å². The summed E-state index contributed by atoms with van der Waals surface area (Å²) < 4.78 is 18.4. The third kappa shape index (κ3) is 4.33. The van der Waals surface area contributed by atoms with E-state index in [1.165, 1.54) is 30.4 Å². The van der Waals surface area contributed by atoms with Gasteiger partial charge in [0.05, 0.1) is 6.61 Å². The number of nitrogens with two attached hydrogens (primary N) is 1. The van der Waals surface area contributed by atoms with Crippen molar-refractivity contribution in [1.82, 2.24) is 0 Å². The molecule has 2 aromatic rings. The number of carbonyl (C=O) groups is 2. The average Bonchev–Trinajstić information content (AvgIpc) is 2.92. The molecule has 1 aromatic heterocycles. The Morgan fingerprint density at radius 2 is 1.96 bits per heavy atom. The molecule has 1 aromatic carbocycles. The van der Waals surface area contributed by atoms with Gasteiger partial charge in [-0.2, -0.15) is 5.26 Å². The average molecular weight is 387 g/mol. The van der Waals surface area contributed by atoms with Crippen LogP contribution in [0.1, 0.15) is 29.1 Å². The quantitative estimate of drug-likeness (QED) is 0.446. The highest BCUT2D eigenvalue weighted by Crippen LogP contribution is 2.41. The van der Waals surface area contributed by atoms with Crippen LogP contribution in [0.5, 0.6) is 0 Å². The van der Waals surface area contributed by atoms with E-state index in [1.807, 2.05) is 6.92 Å². The number of anilines is 1. The monoisotopic (exact) mass is 387 g/mol. The van der Waals surface area contributed by atoms with Gasteiger partial charge in [-0.25, -0.2) is 9.18 Å². The van der Waals surface area contributed by atoms with Crippen molar-refractivity contribution < 1.29 is 18.7 Å². The number of thiophene rings is 1. The Labute approximate surface area is 160 Å². The van der Waals surface area contributed by atoms with Crippen molar-refractivity contribution in [3.63, 3.8) is 0 Å². The zero-order valence-corrected chi connectivity index (χ0v) is 15.9. The van der Waals surface area contributed by atoms with E-state index in [2.05, 4.69) is 5.32 Å². The number of ether oxygens (including phenoxy) is 1. The maximum atomic E-state index is 13.3. The number of benzene rings is 1. The fraction of sp³-hybridized carbons (Fsp3) is 0.211. The lowest BCUT2D eigenvalue weighted by Crippen LogP contribution is -2.17. The van der Waals surface area contributed by atoms with Gasteiger partial charge < -0.3 is 15.8 Å². The molecule has 140 valence electrons. The molecule has 0 radical (unpaired) electrons. The lowest BCUT2D eigenvalue weighted by atomic mass is 10.0. The Kier molecular flexibility index (Phi) is 6.32. The molecule has 2 rings (SSSR count). The largest absolute Gasteiger partial charge is 0.462 e. The van der Waals surface area contributed by atoms with Gasteiger partial charge in [-0.1, -0.05) is 12.1 Å². The van der Waals surface area contributed by atoms with E-state index in [0.717, 1.165) is 4.88 Å². The molecule has 0 spiro atoms. The number of aryl methyl sites for hydroxylation is 1. The van der Waals surface area contributed by atoms with Crippen LogP contribution in [-0.4, -0.2) is 18.5 Å². The molecular weight excluding hydrogens is 369 g/mol. The van der Waals surface area contributed by atoms with E-state index in [9.17, 15) is 14.0 Å². The second-order valence-corrected chi connectivity index (χ2v) is 6.79. The summed E-state index contributed by atoms with van der Waals surface area (Å²) in [6, 6.07) is 7.50. The highest BCUT2D eigenvalue weighted by Gasteiger charge is 2.25.